The summed E-state index contributed by atoms with van der Waals surface area (Å²) in [5.74, 6) is 13.6. The fourth-order valence-corrected chi connectivity index (χ4v) is 5.23. The summed E-state index contributed by atoms with van der Waals surface area (Å²) >= 11 is 3.56. The molecule has 0 saturated carbocycles. The molecular weight excluding hydrogens is 424 g/mol. The van der Waals surface area contributed by atoms with Crippen LogP contribution in [-0.2, 0) is 10.8 Å². The van der Waals surface area contributed by atoms with Gasteiger partial charge in [0.15, 0.2) is 0 Å². The van der Waals surface area contributed by atoms with Crippen LogP contribution in [0, 0.1) is 23.7 Å². The van der Waals surface area contributed by atoms with E-state index in [2.05, 4.69) is 126 Å². The molecule has 160 valence electrons. The Kier molecular flexibility index (Phi) is 6.05. The lowest BCUT2D eigenvalue weighted by atomic mass is 9.95. The Hall–Kier alpha value is -2.78. The lowest BCUT2D eigenvalue weighted by molar-refractivity contribution is 0.603. The van der Waals surface area contributed by atoms with E-state index in [0.29, 0.717) is 0 Å². The number of fused-ring (bicyclic) bond motifs is 1. The molecule has 0 aliphatic carbocycles. The third kappa shape index (κ3) is 4.99. The molecule has 0 fully saturated rings. The van der Waals surface area contributed by atoms with Gasteiger partial charge in [-0.15, -0.1) is 22.7 Å². The van der Waals surface area contributed by atoms with Crippen molar-refractivity contribution in [1.82, 2.24) is 0 Å². The second-order valence-electron chi connectivity index (χ2n) is 10.0. The quantitative estimate of drug-likeness (QED) is 0.235. The smallest absolute Gasteiger partial charge is 0.0775 e. The van der Waals surface area contributed by atoms with Crippen LogP contribution in [0.2, 0.25) is 0 Å². The van der Waals surface area contributed by atoms with Gasteiger partial charge in [0.25, 0.3) is 0 Å². The second-order valence-corrected chi connectivity index (χ2v) is 12.2. The minimum Gasteiger partial charge on any atom is -0.131 e. The van der Waals surface area contributed by atoms with Crippen LogP contribution < -0.4 is 0 Å². The van der Waals surface area contributed by atoms with E-state index in [1.165, 1.54) is 9.75 Å². The average molecular weight is 453 g/mol. The summed E-state index contributed by atoms with van der Waals surface area (Å²) in [6.45, 7) is 13.4. The highest BCUT2D eigenvalue weighted by molar-refractivity contribution is 7.13. The molecule has 4 rings (SSSR count). The summed E-state index contributed by atoms with van der Waals surface area (Å²) in [6, 6.07) is 21.3. The van der Waals surface area contributed by atoms with E-state index in [9.17, 15) is 0 Å². The molecular formula is C30H28S2. The van der Waals surface area contributed by atoms with Gasteiger partial charge in [-0.2, -0.15) is 0 Å². The first-order valence-corrected chi connectivity index (χ1v) is 12.5. The maximum Gasteiger partial charge on any atom is 0.0775 e. The first kappa shape index (κ1) is 22.4. The molecule has 32 heavy (non-hydrogen) atoms. The van der Waals surface area contributed by atoms with Crippen LogP contribution in [0.4, 0.5) is 0 Å². The highest BCUT2D eigenvalue weighted by Crippen LogP contribution is 2.30. The van der Waals surface area contributed by atoms with Crippen molar-refractivity contribution >= 4 is 33.4 Å². The second kappa shape index (κ2) is 8.63. The molecule has 0 atom stereocenters. The number of benzene rings is 2. The van der Waals surface area contributed by atoms with Gasteiger partial charge in [0.1, 0.15) is 0 Å². The molecule has 0 nitrogen and oxygen atoms in total. The first-order valence-electron chi connectivity index (χ1n) is 10.9. The Bertz CT molecular complexity index is 1280. The third-order valence-electron chi connectivity index (χ3n) is 5.26. The van der Waals surface area contributed by atoms with Gasteiger partial charge >= 0.3 is 0 Å². The van der Waals surface area contributed by atoms with E-state index >= 15 is 0 Å². The van der Waals surface area contributed by atoms with Crippen LogP contribution in [0.15, 0.2) is 60.7 Å². The number of hydrogen-bond acceptors (Lipinski definition) is 2. The SMILES string of the molecule is CC(C)(C)c1ccc(C#Cc2ccc(C#Cc3ccc(C(C)(C)C)s3)c3ccccc23)s1. The normalized spacial score (nSPS) is 11.6. The fraction of sp³-hybridized carbons (Fsp3) is 0.267. The molecule has 0 bridgehead atoms. The predicted molar refractivity (Wildman–Crippen MR) is 142 cm³/mol. The Morgan fingerprint density at radius 3 is 1.25 bits per heavy atom. The molecule has 0 unspecified atom stereocenters. The van der Waals surface area contributed by atoms with Crippen LogP contribution >= 0.6 is 22.7 Å². The van der Waals surface area contributed by atoms with Crippen molar-refractivity contribution in [2.24, 2.45) is 0 Å². The highest BCUT2D eigenvalue weighted by Gasteiger charge is 2.16. The van der Waals surface area contributed by atoms with Crippen LogP contribution in [0.3, 0.4) is 0 Å². The van der Waals surface area contributed by atoms with Gasteiger partial charge < -0.3 is 0 Å². The highest BCUT2D eigenvalue weighted by atomic mass is 32.1. The molecule has 0 spiro atoms. The van der Waals surface area contributed by atoms with Gasteiger partial charge in [-0.05, 0) is 58.0 Å². The molecule has 4 aromatic rings. The zero-order chi connectivity index (χ0) is 22.9. The molecule has 2 aromatic carbocycles. The van der Waals surface area contributed by atoms with Crippen LogP contribution in [0.1, 0.15) is 72.2 Å². The summed E-state index contributed by atoms with van der Waals surface area (Å²) in [4.78, 5) is 4.94. The van der Waals surface area contributed by atoms with Crippen molar-refractivity contribution in [3.05, 3.63) is 91.3 Å². The molecule has 2 heterocycles. The minimum absolute atomic E-state index is 0.161. The fourth-order valence-electron chi connectivity index (χ4n) is 3.39. The predicted octanol–water partition coefficient (Wildman–Crippen LogP) is 8.36. The van der Waals surface area contributed by atoms with Gasteiger partial charge in [0, 0.05) is 20.9 Å². The third-order valence-corrected chi connectivity index (χ3v) is 8.11. The molecule has 0 N–H and O–H groups in total. The number of thiophene rings is 2. The molecule has 2 aromatic heterocycles. The summed E-state index contributed by atoms with van der Waals surface area (Å²) in [5.41, 5.74) is 2.41. The largest absolute Gasteiger partial charge is 0.131 e. The van der Waals surface area contributed by atoms with Crippen molar-refractivity contribution in [2.45, 2.75) is 52.4 Å². The number of hydrogen-bond donors (Lipinski definition) is 0. The van der Waals surface area contributed by atoms with E-state index in [1.807, 2.05) is 0 Å². The molecule has 2 heteroatoms. The maximum atomic E-state index is 3.40. The Morgan fingerprint density at radius 2 is 0.906 bits per heavy atom. The standard InChI is InChI=1S/C30H28S2/c1-29(2,3)27-19-17-23(31-27)15-13-21-11-12-22(26-10-8-7-9-25(21)26)14-16-24-18-20-28(32-24)30(4,5)6/h7-12,17-20H,1-6H3. The van der Waals surface area contributed by atoms with E-state index in [0.717, 1.165) is 31.7 Å². The first-order chi connectivity index (χ1) is 15.1. The molecule has 0 saturated heterocycles. The van der Waals surface area contributed by atoms with Gasteiger partial charge in [-0.1, -0.05) is 89.5 Å². The van der Waals surface area contributed by atoms with Crippen LogP contribution in [0.25, 0.3) is 10.8 Å². The summed E-state index contributed by atoms with van der Waals surface area (Å²) in [5, 5.41) is 2.31. The van der Waals surface area contributed by atoms with E-state index < -0.39 is 0 Å². The molecule has 0 aliphatic heterocycles. The topological polar surface area (TPSA) is 0 Å². The van der Waals surface area contributed by atoms with Crippen molar-refractivity contribution in [3.8, 4) is 23.7 Å². The summed E-state index contributed by atoms with van der Waals surface area (Å²) in [7, 11) is 0. The van der Waals surface area contributed by atoms with Crippen LogP contribution in [-0.4, -0.2) is 0 Å². The lowest BCUT2D eigenvalue weighted by Crippen LogP contribution is -2.07. The van der Waals surface area contributed by atoms with Crippen molar-refractivity contribution in [2.75, 3.05) is 0 Å². The molecule has 0 aliphatic rings. The van der Waals surface area contributed by atoms with Crippen molar-refractivity contribution in [1.29, 1.82) is 0 Å². The Balaban J connectivity index is 1.68. The summed E-state index contributed by atoms with van der Waals surface area (Å²) < 4.78 is 0. The number of rotatable bonds is 0. The van der Waals surface area contributed by atoms with Gasteiger partial charge in [0.2, 0.25) is 0 Å². The molecule has 0 radical (unpaired) electrons. The molecule has 0 amide bonds. The van der Waals surface area contributed by atoms with Crippen LogP contribution in [0.5, 0.6) is 0 Å². The van der Waals surface area contributed by atoms with Gasteiger partial charge in [0.05, 0.1) is 9.75 Å². The summed E-state index contributed by atoms with van der Waals surface area (Å²) in [6.07, 6.45) is 0. The van der Waals surface area contributed by atoms with E-state index in [-0.39, 0.29) is 10.8 Å². The monoisotopic (exact) mass is 452 g/mol. The minimum atomic E-state index is 0.161. The lowest BCUT2D eigenvalue weighted by Gasteiger charge is -2.14. The maximum absolute atomic E-state index is 3.40. The van der Waals surface area contributed by atoms with E-state index in [4.69, 9.17) is 0 Å². The van der Waals surface area contributed by atoms with Crippen molar-refractivity contribution < 1.29 is 0 Å². The van der Waals surface area contributed by atoms with Gasteiger partial charge in [-0.3, -0.25) is 0 Å². The van der Waals surface area contributed by atoms with Crippen molar-refractivity contribution in [3.63, 3.8) is 0 Å². The zero-order valence-electron chi connectivity index (χ0n) is 19.6. The zero-order valence-corrected chi connectivity index (χ0v) is 21.2. The Morgan fingerprint density at radius 1 is 0.500 bits per heavy atom. The van der Waals surface area contributed by atoms with Gasteiger partial charge in [-0.25, -0.2) is 0 Å². The average Bonchev–Trinajstić information content (AvgIpc) is 3.40. The van der Waals surface area contributed by atoms with E-state index in [1.54, 1.807) is 22.7 Å². The Labute approximate surface area is 200 Å².